The molecule has 2 aliphatic carbocycles. The number of halogens is 2. The molecule has 1 fully saturated rings. The molecule has 0 bridgehead atoms. The highest BCUT2D eigenvalue weighted by Gasteiger charge is 2.52. The van der Waals surface area contributed by atoms with E-state index in [9.17, 15) is 22.0 Å². The summed E-state index contributed by atoms with van der Waals surface area (Å²) in [6, 6.07) is 5.39. The number of Topliss-reactive ketones (excluding diaryl/α,β-unsaturated/α-hetero) is 1. The maximum Gasteiger partial charge on any atom is 0.246 e. The van der Waals surface area contributed by atoms with E-state index >= 15 is 0 Å². The van der Waals surface area contributed by atoms with Crippen molar-refractivity contribution in [3.8, 4) is 5.69 Å². The lowest BCUT2D eigenvalue weighted by Gasteiger charge is -2.46. The predicted octanol–water partition coefficient (Wildman–Crippen LogP) is 4.53. The third kappa shape index (κ3) is 4.75. The molecule has 1 aromatic carbocycles. The van der Waals surface area contributed by atoms with E-state index < -0.39 is 28.2 Å². The van der Waals surface area contributed by atoms with Crippen molar-refractivity contribution in [2.45, 2.75) is 43.5 Å². The first-order valence-electron chi connectivity index (χ1n) is 13.2. The van der Waals surface area contributed by atoms with Crippen LogP contribution in [0.5, 0.6) is 0 Å². The van der Waals surface area contributed by atoms with Crippen LogP contribution in [0.25, 0.3) is 11.8 Å². The van der Waals surface area contributed by atoms with Crippen LogP contribution in [0.2, 0.25) is 0 Å². The van der Waals surface area contributed by atoms with Crippen LogP contribution in [0.15, 0.2) is 59.5 Å². The summed E-state index contributed by atoms with van der Waals surface area (Å²) in [7, 11) is -2.45. The van der Waals surface area contributed by atoms with Crippen molar-refractivity contribution in [2.75, 3.05) is 13.2 Å². The Kier molecular flexibility index (Phi) is 6.99. The molecule has 3 aromatic heterocycles. The fraction of sp³-hybridized carbons (Fsp3) is 0.357. The van der Waals surface area contributed by atoms with Crippen LogP contribution >= 0.6 is 11.3 Å². The highest BCUT2D eigenvalue weighted by Crippen LogP contribution is 2.51. The number of benzene rings is 1. The zero-order chi connectivity index (χ0) is 28.9. The van der Waals surface area contributed by atoms with E-state index in [-0.39, 0.29) is 29.5 Å². The number of hydrogen-bond acceptors (Lipinski definition) is 7. The summed E-state index contributed by atoms with van der Waals surface area (Å²) in [6.07, 6.45) is 9.27. The Morgan fingerprint density at radius 1 is 1.20 bits per heavy atom. The first-order valence-corrected chi connectivity index (χ1v) is 15.5. The first-order chi connectivity index (χ1) is 19.6. The molecule has 1 saturated carbocycles. The van der Waals surface area contributed by atoms with Gasteiger partial charge in [-0.2, -0.15) is 14.5 Å². The summed E-state index contributed by atoms with van der Waals surface area (Å²) < 4.78 is 59.1. The number of aromatic nitrogens is 5. The Morgan fingerprint density at radius 3 is 2.63 bits per heavy atom. The quantitative estimate of drug-likeness (QED) is 0.276. The smallest absolute Gasteiger partial charge is 0.246 e. The molecule has 214 valence electrons. The lowest BCUT2D eigenvalue weighted by molar-refractivity contribution is 0.0740. The largest absolute Gasteiger partial charge is 0.290 e. The van der Waals surface area contributed by atoms with Crippen molar-refractivity contribution in [1.29, 1.82) is 0 Å². The number of allylic oxidation sites excluding steroid dienone is 1. The third-order valence-corrected chi connectivity index (χ3v) is 10.8. The summed E-state index contributed by atoms with van der Waals surface area (Å²) in [5, 5.41) is 8.90. The van der Waals surface area contributed by atoms with Crippen molar-refractivity contribution in [1.82, 2.24) is 28.9 Å². The topological polar surface area (TPSA) is 103 Å². The molecule has 0 unspecified atom stereocenters. The predicted molar refractivity (Wildman–Crippen MR) is 150 cm³/mol. The number of carbonyl (C=O) groups excluding carboxylic acids is 1. The number of fused-ring (bicyclic) bond motifs is 2. The van der Waals surface area contributed by atoms with Crippen molar-refractivity contribution in [2.24, 2.45) is 12.5 Å². The van der Waals surface area contributed by atoms with Gasteiger partial charge in [-0.25, -0.2) is 26.9 Å². The number of nitrogens with zero attached hydrogens (tertiary/aromatic N) is 6. The number of ketones is 1. The standard InChI is InChI=1S/C28H28F2N6O3S2/c1-18-14-31-27(40-18)26(37)28-12-19-15-33-36(22-7-4-21(30)5-8-22)25(19)11-20(28)3-6-23(13-28)35(10-9-29)41(38,39)24-16-32-34(2)17-24/h4-5,7-8,11,14-17,23H,3,6,9-10,12-13H2,1-2H3/t23-,28-/m0/s1. The Labute approximate surface area is 240 Å². The van der Waals surface area contributed by atoms with Crippen LogP contribution in [0.1, 0.15) is 45.2 Å². The van der Waals surface area contributed by atoms with Gasteiger partial charge in [0.1, 0.15) is 17.4 Å². The maximum absolute atomic E-state index is 14.3. The van der Waals surface area contributed by atoms with E-state index in [0.29, 0.717) is 30.0 Å². The summed E-state index contributed by atoms with van der Waals surface area (Å²) in [5.41, 5.74) is 2.08. The van der Waals surface area contributed by atoms with Crippen LogP contribution in [0, 0.1) is 18.2 Å². The maximum atomic E-state index is 14.3. The zero-order valence-corrected chi connectivity index (χ0v) is 24.1. The SMILES string of the molecule is Cc1cnc(C(=O)[C@]23Cc4cnn(-c5ccc(F)cc5)c4C=C2CC[C@H](N(CCF)S(=O)(=O)c2cnn(C)c2)C3)s1. The van der Waals surface area contributed by atoms with Crippen molar-refractivity contribution >= 4 is 33.2 Å². The number of alkyl halides is 1. The number of hydrogen-bond donors (Lipinski definition) is 0. The van der Waals surface area contributed by atoms with E-state index in [2.05, 4.69) is 15.2 Å². The van der Waals surface area contributed by atoms with Gasteiger partial charge >= 0.3 is 0 Å². The fourth-order valence-electron chi connectivity index (χ4n) is 6.03. The normalized spacial score (nSPS) is 20.5. The molecular weight excluding hydrogens is 570 g/mol. The Bertz CT molecular complexity index is 1760. The lowest BCUT2D eigenvalue weighted by Crippen LogP contribution is -2.51. The average Bonchev–Trinajstić information content (AvgIpc) is 3.70. The third-order valence-electron chi connectivity index (χ3n) is 7.96. The minimum atomic E-state index is -4.07. The van der Waals surface area contributed by atoms with Crippen LogP contribution in [0.4, 0.5) is 8.78 Å². The van der Waals surface area contributed by atoms with E-state index in [1.807, 2.05) is 13.0 Å². The Morgan fingerprint density at radius 2 is 1.98 bits per heavy atom. The zero-order valence-electron chi connectivity index (χ0n) is 22.5. The fourth-order valence-corrected chi connectivity index (χ4v) is 8.45. The van der Waals surface area contributed by atoms with E-state index in [4.69, 9.17) is 0 Å². The number of thiazole rings is 1. The lowest BCUT2D eigenvalue weighted by atomic mass is 9.61. The van der Waals surface area contributed by atoms with Crippen LogP contribution in [-0.2, 0) is 23.5 Å². The molecule has 41 heavy (non-hydrogen) atoms. The molecule has 0 amide bonds. The van der Waals surface area contributed by atoms with Gasteiger partial charge in [0.05, 0.1) is 29.2 Å². The van der Waals surface area contributed by atoms with Crippen molar-refractivity contribution in [3.63, 3.8) is 0 Å². The Balaban J connectivity index is 1.43. The summed E-state index contributed by atoms with van der Waals surface area (Å²) in [6.45, 7) is 0.691. The molecule has 2 aliphatic rings. The first kappa shape index (κ1) is 27.6. The van der Waals surface area contributed by atoms with Gasteiger partial charge in [-0.1, -0.05) is 5.57 Å². The van der Waals surface area contributed by atoms with E-state index in [1.54, 1.807) is 36.3 Å². The molecule has 13 heteroatoms. The van der Waals surface area contributed by atoms with Gasteiger partial charge in [0.2, 0.25) is 15.8 Å². The number of carbonyl (C=O) groups is 1. The summed E-state index contributed by atoms with van der Waals surface area (Å²) >= 11 is 1.30. The monoisotopic (exact) mass is 598 g/mol. The molecule has 0 spiro atoms. The van der Waals surface area contributed by atoms with E-state index in [1.165, 1.54) is 44.9 Å². The molecule has 0 saturated heterocycles. The van der Waals surface area contributed by atoms with Crippen LogP contribution in [-0.4, -0.2) is 62.3 Å². The summed E-state index contributed by atoms with van der Waals surface area (Å²) in [4.78, 5) is 19.6. The average molecular weight is 599 g/mol. The molecule has 0 N–H and O–H groups in total. The highest BCUT2D eigenvalue weighted by atomic mass is 32.2. The molecular formula is C28H28F2N6O3S2. The van der Waals surface area contributed by atoms with Gasteiger partial charge in [-0.3, -0.25) is 9.48 Å². The van der Waals surface area contributed by atoms with Gasteiger partial charge in [0.15, 0.2) is 5.01 Å². The van der Waals surface area contributed by atoms with Crippen LogP contribution in [0.3, 0.4) is 0 Å². The van der Waals surface area contributed by atoms with Gasteiger partial charge < -0.3 is 0 Å². The molecule has 3 heterocycles. The molecule has 4 aromatic rings. The second-order valence-electron chi connectivity index (χ2n) is 10.5. The van der Waals surface area contributed by atoms with Crippen molar-refractivity contribution in [3.05, 3.63) is 81.6 Å². The Hall–Kier alpha value is -3.55. The molecule has 6 rings (SSSR count). The molecule has 9 nitrogen and oxygen atoms in total. The van der Waals surface area contributed by atoms with Gasteiger partial charge in [-0.05, 0) is 68.5 Å². The summed E-state index contributed by atoms with van der Waals surface area (Å²) in [5.74, 6) is -0.528. The van der Waals surface area contributed by atoms with E-state index in [0.717, 1.165) is 21.7 Å². The number of rotatable bonds is 8. The number of sulfonamides is 1. The second-order valence-corrected chi connectivity index (χ2v) is 13.7. The molecule has 0 aliphatic heterocycles. The minimum absolute atomic E-state index is 0.0165. The van der Waals surface area contributed by atoms with Gasteiger partial charge in [-0.15, -0.1) is 11.3 Å². The highest BCUT2D eigenvalue weighted by molar-refractivity contribution is 7.89. The van der Waals surface area contributed by atoms with Crippen LogP contribution < -0.4 is 0 Å². The van der Waals surface area contributed by atoms with Crippen molar-refractivity contribution < 1.29 is 22.0 Å². The van der Waals surface area contributed by atoms with Gasteiger partial charge in [0, 0.05) is 36.9 Å². The second kappa shape index (κ2) is 10.4. The molecule has 0 radical (unpaired) electrons. The molecule has 2 atom stereocenters. The van der Waals surface area contributed by atoms with Gasteiger partial charge in [0.25, 0.3) is 0 Å². The number of aryl methyl sites for hydroxylation is 2. The minimum Gasteiger partial charge on any atom is -0.290 e.